The molecule has 0 amide bonds. The standard InChI is InChI=1S/C13H7F6N/c14-12(15,16)10-3-1-2-9(11(10)13(17,18)19)8-4-6-20-7-5-8/h1-7H. The Morgan fingerprint density at radius 1 is 0.750 bits per heavy atom. The molecule has 0 aliphatic rings. The van der Waals surface area contributed by atoms with E-state index in [2.05, 4.69) is 4.98 Å². The van der Waals surface area contributed by atoms with Crippen molar-refractivity contribution in [3.05, 3.63) is 53.9 Å². The predicted octanol–water partition coefficient (Wildman–Crippen LogP) is 4.79. The molecule has 0 aliphatic heterocycles. The summed E-state index contributed by atoms with van der Waals surface area (Å²) >= 11 is 0. The molecule has 7 heteroatoms. The maximum absolute atomic E-state index is 13.0. The van der Waals surface area contributed by atoms with Gasteiger partial charge in [-0.2, -0.15) is 26.3 Å². The minimum atomic E-state index is -5.11. The molecule has 0 atom stereocenters. The van der Waals surface area contributed by atoms with E-state index in [0.29, 0.717) is 6.07 Å². The normalized spacial score (nSPS) is 12.5. The van der Waals surface area contributed by atoms with Gasteiger partial charge in [-0.25, -0.2) is 0 Å². The third-order valence-electron chi connectivity index (χ3n) is 2.64. The van der Waals surface area contributed by atoms with Crippen LogP contribution < -0.4 is 0 Å². The van der Waals surface area contributed by atoms with Crippen molar-refractivity contribution in [1.82, 2.24) is 4.98 Å². The van der Waals surface area contributed by atoms with Gasteiger partial charge in [0.2, 0.25) is 0 Å². The molecule has 20 heavy (non-hydrogen) atoms. The molecule has 0 radical (unpaired) electrons. The number of pyridine rings is 1. The fourth-order valence-electron chi connectivity index (χ4n) is 1.87. The lowest BCUT2D eigenvalue weighted by Crippen LogP contribution is -2.17. The highest BCUT2D eigenvalue weighted by atomic mass is 19.4. The first-order valence-electron chi connectivity index (χ1n) is 5.39. The molecule has 0 fully saturated rings. The van der Waals surface area contributed by atoms with E-state index in [-0.39, 0.29) is 5.56 Å². The van der Waals surface area contributed by atoms with Gasteiger partial charge in [0.1, 0.15) is 0 Å². The number of hydrogen-bond donors (Lipinski definition) is 0. The van der Waals surface area contributed by atoms with Crippen molar-refractivity contribution < 1.29 is 26.3 Å². The summed E-state index contributed by atoms with van der Waals surface area (Å²) in [5.41, 5.74) is -3.87. The van der Waals surface area contributed by atoms with Crippen LogP contribution in [0.2, 0.25) is 0 Å². The zero-order chi connectivity index (χ0) is 15.0. The second-order valence-corrected chi connectivity index (χ2v) is 3.96. The zero-order valence-corrected chi connectivity index (χ0v) is 9.76. The van der Waals surface area contributed by atoms with E-state index < -0.39 is 29.0 Å². The SMILES string of the molecule is FC(F)(F)c1cccc(-c2ccncc2)c1C(F)(F)F. The molecule has 1 nitrogen and oxygen atoms in total. The van der Waals surface area contributed by atoms with Crippen LogP contribution in [0.1, 0.15) is 11.1 Å². The second kappa shape index (κ2) is 4.81. The fraction of sp³-hybridized carbons (Fsp3) is 0.154. The highest BCUT2D eigenvalue weighted by molar-refractivity contribution is 5.69. The molecule has 0 spiro atoms. The van der Waals surface area contributed by atoms with Gasteiger partial charge in [-0.05, 0) is 29.3 Å². The van der Waals surface area contributed by atoms with E-state index >= 15 is 0 Å². The molecule has 0 bridgehead atoms. The molecule has 0 saturated carbocycles. The van der Waals surface area contributed by atoms with Gasteiger partial charge in [0, 0.05) is 12.4 Å². The van der Waals surface area contributed by atoms with Gasteiger partial charge < -0.3 is 0 Å². The lowest BCUT2D eigenvalue weighted by atomic mass is 9.95. The molecular formula is C13H7F6N. The third kappa shape index (κ3) is 2.76. The lowest BCUT2D eigenvalue weighted by molar-refractivity contribution is -0.161. The van der Waals surface area contributed by atoms with Crippen LogP contribution >= 0.6 is 0 Å². The summed E-state index contributed by atoms with van der Waals surface area (Å²) in [6, 6.07) is 4.84. The van der Waals surface area contributed by atoms with Crippen LogP contribution in [0, 0.1) is 0 Å². The van der Waals surface area contributed by atoms with Crippen LogP contribution in [0.15, 0.2) is 42.7 Å². The van der Waals surface area contributed by atoms with Crippen LogP contribution in [0.25, 0.3) is 11.1 Å². The van der Waals surface area contributed by atoms with Gasteiger partial charge in [0.25, 0.3) is 0 Å². The summed E-state index contributed by atoms with van der Waals surface area (Å²) in [5, 5.41) is 0. The van der Waals surface area contributed by atoms with Crippen molar-refractivity contribution >= 4 is 0 Å². The Morgan fingerprint density at radius 3 is 1.85 bits per heavy atom. The quantitative estimate of drug-likeness (QED) is 0.689. The molecule has 1 aromatic heterocycles. The number of rotatable bonds is 1. The highest BCUT2D eigenvalue weighted by Gasteiger charge is 2.44. The molecule has 2 aromatic rings. The van der Waals surface area contributed by atoms with Gasteiger partial charge in [-0.3, -0.25) is 4.98 Å². The summed E-state index contributed by atoms with van der Waals surface area (Å²) in [6.07, 6.45) is -7.75. The number of nitrogens with zero attached hydrogens (tertiary/aromatic N) is 1. The van der Waals surface area contributed by atoms with Crippen LogP contribution in [0.3, 0.4) is 0 Å². The van der Waals surface area contributed by atoms with Crippen molar-refractivity contribution in [2.24, 2.45) is 0 Å². The molecule has 0 aliphatic carbocycles. The van der Waals surface area contributed by atoms with E-state index in [4.69, 9.17) is 0 Å². The first kappa shape index (κ1) is 14.4. The highest BCUT2D eigenvalue weighted by Crippen LogP contribution is 2.44. The Balaban J connectivity index is 2.77. The number of aromatic nitrogens is 1. The maximum Gasteiger partial charge on any atom is 0.417 e. The zero-order valence-electron chi connectivity index (χ0n) is 9.76. The fourth-order valence-corrected chi connectivity index (χ4v) is 1.87. The predicted molar refractivity (Wildman–Crippen MR) is 59.7 cm³/mol. The minimum Gasteiger partial charge on any atom is -0.265 e. The first-order chi connectivity index (χ1) is 9.21. The number of alkyl halides is 6. The van der Waals surface area contributed by atoms with Gasteiger partial charge >= 0.3 is 12.4 Å². The molecular weight excluding hydrogens is 284 g/mol. The van der Waals surface area contributed by atoms with Crippen molar-refractivity contribution in [2.45, 2.75) is 12.4 Å². The van der Waals surface area contributed by atoms with Crippen LogP contribution in [-0.4, -0.2) is 4.98 Å². The van der Waals surface area contributed by atoms with E-state index in [9.17, 15) is 26.3 Å². The van der Waals surface area contributed by atoms with Crippen molar-refractivity contribution in [1.29, 1.82) is 0 Å². The Bertz CT molecular complexity index is 600. The Kier molecular flexibility index (Phi) is 3.45. The van der Waals surface area contributed by atoms with Crippen LogP contribution in [0.5, 0.6) is 0 Å². The van der Waals surface area contributed by atoms with E-state index in [1.54, 1.807) is 0 Å². The Morgan fingerprint density at radius 2 is 1.35 bits per heavy atom. The molecule has 1 heterocycles. The lowest BCUT2D eigenvalue weighted by Gasteiger charge is -2.19. The molecule has 2 rings (SSSR count). The minimum absolute atomic E-state index is 0.0263. The summed E-state index contributed by atoms with van der Waals surface area (Å²) in [6.45, 7) is 0. The summed E-state index contributed by atoms with van der Waals surface area (Å²) in [4.78, 5) is 3.63. The first-order valence-corrected chi connectivity index (χ1v) is 5.39. The number of halogens is 6. The van der Waals surface area contributed by atoms with Gasteiger partial charge in [0.15, 0.2) is 0 Å². The number of hydrogen-bond acceptors (Lipinski definition) is 1. The maximum atomic E-state index is 13.0. The van der Waals surface area contributed by atoms with Gasteiger partial charge in [-0.15, -0.1) is 0 Å². The van der Waals surface area contributed by atoms with Crippen LogP contribution in [-0.2, 0) is 12.4 Å². The van der Waals surface area contributed by atoms with E-state index in [1.165, 1.54) is 24.5 Å². The third-order valence-corrected chi connectivity index (χ3v) is 2.64. The van der Waals surface area contributed by atoms with Gasteiger partial charge in [0.05, 0.1) is 11.1 Å². The average molecular weight is 291 g/mol. The number of benzene rings is 1. The summed E-state index contributed by atoms with van der Waals surface area (Å²) in [5.74, 6) is 0. The van der Waals surface area contributed by atoms with Gasteiger partial charge in [-0.1, -0.05) is 12.1 Å². The largest absolute Gasteiger partial charge is 0.417 e. The van der Waals surface area contributed by atoms with Crippen molar-refractivity contribution in [3.63, 3.8) is 0 Å². The smallest absolute Gasteiger partial charge is 0.265 e. The molecule has 106 valence electrons. The van der Waals surface area contributed by atoms with Crippen molar-refractivity contribution in [2.75, 3.05) is 0 Å². The second-order valence-electron chi connectivity index (χ2n) is 3.96. The van der Waals surface area contributed by atoms with E-state index in [1.807, 2.05) is 0 Å². The Hall–Kier alpha value is -2.05. The van der Waals surface area contributed by atoms with E-state index in [0.717, 1.165) is 12.1 Å². The molecule has 0 N–H and O–H groups in total. The average Bonchev–Trinajstić information content (AvgIpc) is 2.37. The topological polar surface area (TPSA) is 12.9 Å². The van der Waals surface area contributed by atoms with Crippen molar-refractivity contribution in [3.8, 4) is 11.1 Å². The molecule has 1 aromatic carbocycles. The Labute approximate surface area is 109 Å². The summed E-state index contributed by atoms with van der Waals surface area (Å²) in [7, 11) is 0. The molecule has 0 saturated heterocycles. The van der Waals surface area contributed by atoms with Crippen LogP contribution in [0.4, 0.5) is 26.3 Å². The molecule has 0 unspecified atom stereocenters. The monoisotopic (exact) mass is 291 g/mol. The summed E-state index contributed by atoms with van der Waals surface area (Å²) < 4.78 is 77.3.